The normalized spacial score (nSPS) is 19.5. The number of fused-ring (bicyclic) bond motifs is 4. The number of para-hydroxylation sites is 2. The highest BCUT2D eigenvalue weighted by Gasteiger charge is 2.34. The smallest absolute Gasteiger partial charge is 0.236 e. The fraction of sp³-hybridized carbons (Fsp3) is 0.405. The number of benzene rings is 2. The van der Waals surface area contributed by atoms with E-state index in [-0.39, 0.29) is 23.7 Å². The summed E-state index contributed by atoms with van der Waals surface area (Å²) >= 11 is 0. The van der Waals surface area contributed by atoms with Gasteiger partial charge in [-0.1, -0.05) is 42.5 Å². The van der Waals surface area contributed by atoms with Crippen LogP contribution in [-0.2, 0) is 29.1 Å². The molecule has 0 N–H and O–H groups in total. The van der Waals surface area contributed by atoms with Gasteiger partial charge in [-0.15, -0.1) is 0 Å². The second-order valence-electron chi connectivity index (χ2n) is 12.5. The lowest BCUT2D eigenvalue weighted by atomic mass is 9.80. The second-order valence-corrected chi connectivity index (χ2v) is 12.5. The van der Waals surface area contributed by atoms with Crippen LogP contribution >= 0.6 is 0 Å². The first-order chi connectivity index (χ1) is 22.0. The predicted octanol–water partition coefficient (Wildman–Crippen LogP) is 5.36. The zero-order chi connectivity index (χ0) is 31.0. The van der Waals surface area contributed by atoms with E-state index in [1.54, 1.807) is 6.20 Å². The molecule has 0 spiro atoms. The number of aromatic nitrogens is 2. The molecule has 2 aromatic carbocycles. The summed E-state index contributed by atoms with van der Waals surface area (Å²) in [6, 6.07) is 24.3. The molecule has 8 nitrogen and oxygen atoms in total. The number of piperidine rings is 1. The van der Waals surface area contributed by atoms with Crippen LogP contribution in [0.3, 0.4) is 0 Å². The van der Waals surface area contributed by atoms with Crippen molar-refractivity contribution >= 4 is 22.7 Å². The van der Waals surface area contributed by atoms with E-state index in [0.29, 0.717) is 52.3 Å². The molecule has 4 heterocycles. The minimum atomic E-state index is 0.142. The molecule has 2 aliphatic heterocycles. The maximum Gasteiger partial charge on any atom is 0.236 e. The van der Waals surface area contributed by atoms with Crippen molar-refractivity contribution in [3.8, 4) is 5.75 Å². The Kier molecular flexibility index (Phi) is 10.0. The Hall–Kier alpha value is -4.30. The van der Waals surface area contributed by atoms with E-state index in [1.165, 1.54) is 0 Å². The van der Waals surface area contributed by atoms with Crippen LogP contribution in [0.2, 0.25) is 0 Å². The summed E-state index contributed by atoms with van der Waals surface area (Å²) in [5, 5.41) is 1.10. The molecule has 0 saturated carbocycles. The highest BCUT2D eigenvalue weighted by Crippen LogP contribution is 2.32. The number of rotatable bonds is 7. The Morgan fingerprint density at radius 2 is 1.84 bits per heavy atom. The van der Waals surface area contributed by atoms with E-state index in [9.17, 15) is 9.59 Å². The van der Waals surface area contributed by atoms with Crippen LogP contribution in [0.1, 0.15) is 42.5 Å². The maximum atomic E-state index is 13.9. The third kappa shape index (κ3) is 8.05. The molecule has 0 aliphatic carbocycles. The van der Waals surface area contributed by atoms with Crippen LogP contribution in [0.5, 0.6) is 5.75 Å². The van der Waals surface area contributed by atoms with Crippen molar-refractivity contribution in [1.29, 1.82) is 0 Å². The Bertz CT molecular complexity index is 1600. The number of carbonyl (C=O) groups is 2. The number of amides is 2. The summed E-state index contributed by atoms with van der Waals surface area (Å²) < 4.78 is 6.33. The Balaban J connectivity index is 1.15. The molecule has 2 aliphatic rings. The lowest BCUT2D eigenvalue weighted by Crippen LogP contribution is -2.48. The standard InChI is InChI=1S/C37H43N5O3/c1-40(18-16-33-12-6-7-17-38-33)36(43)22-29-15-19-42-26-31(29)11-8-20-45-35-14-5-3-10-32(35)25-41(27-37(42)44)24-28-21-30-9-2-4-13-34(30)39-23-28/h2-7,9-10,12-14,17,21,23,29,31H,8,11,15-16,18-20,22,24-27H2,1H3/t29-,31-/m0/s1. The van der Waals surface area contributed by atoms with Crippen LogP contribution in [0.4, 0.5) is 0 Å². The summed E-state index contributed by atoms with van der Waals surface area (Å²) in [6.45, 7) is 4.16. The summed E-state index contributed by atoms with van der Waals surface area (Å²) in [5.74, 6) is 1.68. The lowest BCUT2D eigenvalue weighted by Gasteiger charge is -2.39. The molecule has 2 bridgehead atoms. The van der Waals surface area contributed by atoms with Crippen molar-refractivity contribution in [1.82, 2.24) is 24.7 Å². The van der Waals surface area contributed by atoms with Gasteiger partial charge in [0.1, 0.15) is 5.75 Å². The first-order valence-electron chi connectivity index (χ1n) is 16.2. The molecule has 45 heavy (non-hydrogen) atoms. The largest absolute Gasteiger partial charge is 0.493 e. The van der Waals surface area contributed by atoms with Crippen molar-refractivity contribution in [2.75, 3.05) is 39.8 Å². The summed E-state index contributed by atoms with van der Waals surface area (Å²) in [4.78, 5) is 42.3. The van der Waals surface area contributed by atoms with Gasteiger partial charge in [-0.25, -0.2) is 0 Å². The Morgan fingerprint density at radius 1 is 1.00 bits per heavy atom. The van der Waals surface area contributed by atoms with Crippen molar-refractivity contribution in [2.24, 2.45) is 11.8 Å². The zero-order valence-electron chi connectivity index (χ0n) is 26.2. The molecular weight excluding hydrogens is 562 g/mol. The average molecular weight is 606 g/mol. The van der Waals surface area contributed by atoms with Crippen LogP contribution in [-0.4, -0.2) is 76.3 Å². The number of hydrogen-bond donors (Lipinski definition) is 0. The van der Waals surface area contributed by atoms with E-state index in [0.717, 1.165) is 59.2 Å². The fourth-order valence-corrected chi connectivity index (χ4v) is 6.70. The molecule has 0 radical (unpaired) electrons. The van der Waals surface area contributed by atoms with Gasteiger partial charge in [0.25, 0.3) is 0 Å². The molecule has 1 fully saturated rings. The van der Waals surface area contributed by atoms with Gasteiger partial charge < -0.3 is 14.5 Å². The van der Waals surface area contributed by atoms with E-state index in [4.69, 9.17) is 4.74 Å². The monoisotopic (exact) mass is 605 g/mol. The van der Waals surface area contributed by atoms with E-state index >= 15 is 0 Å². The van der Waals surface area contributed by atoms with Gasteiger partial charge in [-0.2, -0.15) is 0 Å². The number of hydrogen-bond acceptors (Lipinski definition) is 6. The van der Waals surface area contributed by atoms with Gasteiger partial charge in [0, 0.05) is 81.7 Å². The van der Waals surface area contributed by atoms with Gasteiger partial charge in [0.05, 0.1) is 18.7 Å². The molecular formula is C37H43N5O3. The number of carbonyl (C=O) groups excluding carboxylic acids is 2. The van der Waals surface area contributed by atoms with E-state index in [2.05, 4.69) is 33.1 Å². The topological polar surface area (TPSA) is 78.9 Å². The molecule has 4 aromatic rings. The van der Waals surface area contributed by atoms with Crippen LogP contribution < -0.4 is 4.74 Å². The van der Waals surface area contributed by atoms with Gasteiger partial charge in [0.15, 0.2) is 0 Å². The van der Waals surface area contributed by atoms with Crippen LogP contribution in [0.25, 0.3) is 10.9 Å². The summed E-state index contributed by atoms with van der Waals surface area (Å²) in [5.41, 5.74) is 4.11. The Labute approximate surface area is 266 Å². The summed E-state index contributed by atoms with van der Waals surface area (Å²) in [7, 11) is 1.89. The maximum absolute atomic E-state index is 13.9. The first kappa shape index (κ1) is 30.7. The van der Waals surface area contributed by atoms with E-state index in [1.807, 2.05) is 77.6 Å². The predicted molar refractivity (Wildman–Crippen MR) is 175 cm³/mol. The quantitative estimate of drug-likeness (QED) is 0.282. The minimum absolute atomic E-state index is 0.142. The minimum Gasteiger partial charge on any atom is -0.493 e. The van der Waals surface area contributed by atoms with Gasteiger partial charge in [-0.3, -0.25) is 24.5 Å². The van der Waals surface area contributed by atoms with Gasteiger partial charge in [0.2, 0.25) is 11.8 Å². The molecule has 2 amide bonds. The van der Waals surface area contributed by atoms with Crippen molar-refractivity contribution < 1.29 is 14.3 Å². The van der Waals surface area contributed by atoms with Gasteiger partial charge >= 0.3 is 0 Å². The second kappa shape index (κ2) is 14.7. The third-order valence-electron chi connectivity index (χ3n) is 9.29. The van der Waals surface area contributed by atoms with Crippen LogP contribution in [0.15, 0.2) is 85.2 Å². The molecule has 1 saturated heterocycles. The first-order valence-corrected chi connectivity index (χ1v) is 16.2. The lowest BCUT2D eigenvalue weighted by molar-refractivity contribution is -0.136. The number of nitrogens with zero attached hydrogens (tertiary/aromatic N) is 5. The van der Waals surface area contributed by atoms with Gasteiger partial charge in [-0.05, 0) is 67.0 Å². The molecule has 2 aromatic heterocycles. The molecule has 234 valence electrons. The highest BCUT2D eigenvalue weighted by atomic mass is 16.5. The van der Waals surface area contributed by atoms with Crippen molar-refractivity contribution in [2.45, 2.75) is 45.2 Å². The number of ether oxygens (including phenoxy) is 1. The SMILES string of the molecule is CN(CCc1ccccn1)C(=O)C[C@@H]1CCN2C[C@@H]1CCCOc1ccccc1CN(Cc1cnc3ccccc3c1)CC2=O. The number of likely N-dealkylation sites (N-methyl/N-ethyl adjacent to an activating group) is 1. The zero-order valence-corrected chi connectivity index (χ0v) is 26.2. The van der Waals surface area contributed by atoms with Crippen molar-refractivity contribution in [3.63, 3.8) is 0 Å². The summed E-state index contributed by atoms with van der Waals surface area (Å²) in [6.07, 6.45) is 7.61. The number of pyridine rings is 2. The van der Waals surface area contributed by atoms with E-state index < -0.39 is 0 Å². The fourth-order valence-electron chi connectivity index (χ4n) is 6.70. The molecule has 8 heteroatoms. The molecule has 2 atom stereocenters. The average Bonchev–Trinajstić information content (AvgIpc) is 3.07. The van der Waals surface area contributed by atoms with Crippen LogP contribution in [0, 0.1) is 11.8 Å². The third-order valence-corrected chi connectivity index (χ3v) is 9.29. The molecule has 6 rings (SSSR count). The van der Waals surface area contributed by atoms with Crippen molar-refractivity contribution in [3.05, 3.63) is 102 Å². The highest BCUT2D eigenvalue weighted by molar-refractivity contribution is 5.80. The Morgan fingerprint density at radius 3 is 2.73 bits per heavy atom. The molecule has 0 unspecified atom stereocenters.